The normalized spacial score (nSPS) is 20.5. The topological polar surface area (TPSA) is 152 Å². The number of fused-ring (bicyclic) bond motifs is 1. The lowest BCUT2D eigenvalue weighted by molar-refractivity contribution is -0.385. The van der Waals surface area contributed by atoms with Gasteiger partial charge >= 0.3 is 17.7 Å². The van der Waals surface area contributed by atoms with Crippen molar-refractivity contribution in [3.8, 4) is 6.07 Å². The second-order valence-electron chi connectivity index (χ2n) is 11.3. The van der Waals surface area contributed by atoms with E-state index in [0.717, 1.165) is 17.5 Å². The fraction of sp³-hybridized carbons (Fsp3) is 0.536. The molecule has 41 heavy (non-hydrogen) atoms. The molecule has 1 saturated heterocycles. The lowest BCUT2D eigenvalue weighted by Crippen LogP contribution is -2.56. The van der Waals surface area contributed by atoms with Crippen LogP contribution in [0, 0.1) is 21.4 Å². The highest BCUT2D eigenvalue weighted by atomic mass is 35.5. The average Bonchev–Trinajstić information content (AvgIpc) is 2.91. The number of methoxy groups -OCH3 is 1. The van der Waals surface area contributed by atoms with Gasteiger partial charge in [0.1, 0.15) is 11.3 Å². The van der Waals surface area contributed by atoms with Gasteiger partial charge in [-0.25, -0.2) is 9.78 Å². The number of carbonyl (C=O) groups is 2. The van der Waals surface area contributed by atoms with Gasteiger partial charge < -0.3 is 19.3 Å². The summed E-state index contributed by atoms with van der Waals surface area (Å²) in [6, 6.07) is 8.99. The highest BCUT2D eigenvalue weighted by Gasteiger charge is 2.47. The van der Waals surface area contributed by atoms with Crippen LogP contribution in [0.5, 0.6) is 0 Å². The molecule has 0 N–H and O–H groups in total. The molecule has 2 aromatic rings. The van der Waals surface area contributed by atoms with E-state index in [0.29, 0.717) is 12.8 Å². The van der Waals surface area contributed by atoms with E-state index in [-0.39, 0.29) is 55.0 Å². The summed E-state index contributed by atoms with van der Waals surface area (Å²) in [6.45, 7) is 5.67. The van der Waals surface area contributed by atoms with Crippen molar-refractivity contribution in [1.29, 1.82) is 5.26 Å². The van der Waals surface area contributed by atoms with Gasteiger partial charge in [-0.15, -0.1) is 0 Å². The molecule has 1 aliphatic carbocycles. The minimum Gasteiger partial charge on any atom is -0.468 e. The molecule has 0 unspecified atom stereocenters. The van der Waals surface area contributed by atoms with Crippen LogP contribution in [-0.2, 0) is 32.5 Å². The lowest BCUT2D eigenvalue weighted by Gasteiger charge is -2.41. The standard InChI is InChI=1S/C28H33ClN6O6/c1-27(2,3)41-26(37)34-15-14-33(17-19(34)11-13-30)23-22(35(38)39)21(31-25(29)32-23)16-28(24(36)40-4)12-7-9-18-8-5-6-10-20(18)28/h5-6,8,10,19H,7,9,11-12,14-17H2,1-4H3/t19-,28-/m0/s1. The Hall–Kier alpha value is -3.98. The van der Waals surface area contributed by atoms with Crippen LogP contribution >= 0.6 is 11.6 Å². The molecule has 1 aromatic carbocycles. The average molecular weight is 585 g/mol. The lowest BCUT2D eigenvalue weighted by atomic mass is 9.67. The Morgan fingerprint density at radius 3 is 2.66 bits per heavy atom. The zero-order valence-corrected chi connectivity index (χ0v) is 24.3. The van der Waals surface area contributed by atoms with Crippen molar-refractivity contribution in [3.05, 3.63) is 56.5 Å². The van der Waals surface area contributed by atoms with Gasteiger partial charge in [0.15, 0.2) is 0 Å². The Balaban J connectivity index is 1.75. The molecule has 2 aliphatic rings. The van der Waals surface area contributed by atoms with Gasteiger partial charge in [0.25, 0.3) is 0 Å². The van der Waals surface area contributed by atoms with Gasteiger partial charge in [-0.2, -0.15) is 10.2 Å². The van der Waals surface area contributed by atoms with Gasteiger partial charge in [-0.3, -0.25) is 14.9 Å². The van der Waals surface area contributed by atoms with E-state index in [2.05, 4.69) is 16.0 Å². The third kappa shape index (κ3) is 6.20. The van der Waals surface area contributed by atoms with Crippen molar-refractivity contribution in [1.82, 2.24) is 14.9 Å². The van der Waals surface area contributed by atoms with Crippen molar-refractivity contribution in [2.24, 2.45) is 0 Å². The molecule has 2 atom stereocenters. The van der Waals surface area contributed by atoms with Crippen LogP contribution in [0.15, 0.2) is 24.3 Å². The molecule has 12 nitrogen and oxygen atoms in total. The Bertz CT molecular complexity index is 1390. The number of piperazine rings is 1. The Morgan fingerprint density at radius 1 is 1.27 bits per heavy atom. The second-order valence-corrected chi connectivity index (χ2v) is 11.6. The van der Waals surface area contributed by atoms with E-state index < -0.39 is 34.0 Å². The van der Waals surface area contributed by atoms with Crippen molar-refractivity contribution in [2.45, 2.75) is 69.9 Å². The van der Waals surface area contributed by atoms with Gasteiger partial charge in [0, 0.05) is 26.1 Å². The van der Waals surface area contributed by atoms with Crippen LogP contribution in [0.4, 0.5) is 16.3 Å². The first kappa shape index (κ1) is 30.0. The van der Waals surface area contributed by atoms with Crippen LogP contribution in [-0.4, -0.2) is 70.2 Å². The SMILES string of the molecule is COC(=O)[C@]1(Cc2nc(Cl)nc(N3CCN(C(=O)OC(C)(C)C)[C@@H](CC#N)C3)c2[N+](=O)[O-])CCCc2ccccc21. The van der Waals surface area contributed by atoms with Crippen LogP contribution in [0.25, 0.3) is 0 Å². The van der Waals surface area contributed by atoms with Crippen molar-refractivity contribution in [2.75, 3.05) is 31.6 Å². The van der Waals surface area contributed by atoms with E-state index in [1.165, 1.54) is 12.0 Å². The number of nitro groups is 1. The molecule has 0 spiro atoms. The molecular formula is C28H33ClN6O6. The third-order valence-corrected chi connectivity index (χ3v) is 7.63. The number of hydrogen-bond donors (Lipinski definition) is 0. The van der Waals surface area contributed by atoms with Crippen molar-refractivity contribution in [3.63, 3.8) is 0 Å². The van der Waals surface area contributed by atoms with Crippen LogP contribution in [0.3, 0.4) is 0 Å². The van der Waals surface area contributed by atoms with Crippen molar-refractivity contribution >= 4 is 35.2 Å². The Labute approximate surface area is 243 Å². The first-order valence-corrected chi connectivity index (χ1v) is 13.8. The number of anilines is 1. The maximum atomic E-state index is 13.4. The van der Waals surface area contributed by atoms with Crippen LogP contribution in [0.2, 0.25) is 5.28 Å². The number of rotatable bonds is 6. The molecule has 0 saturated carbocycles. The molecule has 1 amide bonds. The third-order valence-electron chi connectivity index (χ3n) is 7.46. The number of aryl methyl sites for hydroxylation is 1. The molecule has 1 fully saturated rings. The summed E-state index contributed by atoms with van der Waals surface area (Å²) in [5, 5.41) is 21.8. The first-order valence-electron chi connectivity index (χ1n) is 13.4. The van der Waals surface area contributed by atoms with E-state index in [1.807, 2.05) is 24.3 Å². The zero-order chi connectivity index (χ0) is 29.9. The van der Waals surface area contributed by atoms with Gasteiger partial charge in [-0.1, -0.05) is 24.3 Å². The van der Waals surface area contributed by atoms with E-state index in [9.17, 15) is 25.0 Å². The van der Waals surface area contributed by atoms with Crippen LogP contribution < -0.4 is 4.90 Å². The predicted molar refractivity (Wildman–Crippen MR) is 150 cm³/mol. The maximum Gasteiger partial charge on any atom is 0.410 e. The van der Waals surface area contributed by atoms with Gasteiger partial charge in [0.05, 0.1) is 36.0 Å². The number of esters is 1. The Morgan fingerprint density at radius 2 is 2.00 bits per heavy atom. The molecule has 0 radical (unpaired) electrons. The van der Waals surface area contributed by atoms with Gasteiger partial charge in [-0.05, 0) is 62.8 Å². The number of aromatic nitrogens is 2. The fourth-order valence-electron chi connectivity index (χ4n) is 5.75. The zero-order valence-electron chi connectivity index (χ0n) is 23.6. The first-order chi connectivity index (χ1) is 19.4. The predicted octanol–water partition coefficient (Wildman–Crippen LogP) is 4.37. The fourth-order valence-corrected chi connectivity index (χ4v) is 5.93. The summed E-state index contributed by atoms with van der Waals surface area (Å²) in [6.07, 6.45) is 1.19. The van der Waals surface area contributed by atoms with Gasteiger partial charge in [0.2, 0.25) is 11.1 Å². The number of halogens is 1. The smallest absolute Gasteiger partial charge is 0.410 e. The maximum absolute atomic E-state index is 13.4. The molecule has 4 rings (SSSR count). The quantitative estimate of drug-likeness (QED) is 0.207. The minimum absolute atomic E-state index is 0.0125. The molecule has 13 heteroatoms. The summed E-state index contributed by atoms with van der Waals surface area (Å²) in [7, 11) is 1.30. The summed E-state index contributed by atoms with van der Waals surface area (Å²) < 4.78 is 10.7. The molecule has 1 aromatic heterocycles. The highest BCUT2D eigenvalue weighted by Crippen LogP contribution is 2.43. The Kier molecular flexibility index (Phi) is 8.68. The number of carbonyl (C=O) groups excluding carboxylic acids is 2. The summed E-state index contributed by atoms with van der Waals surface area (Å²) in [5.74, 6) is -0.531. The molecule has 218 valence electrons. The number of nitrogens with zero attached hydrogens (tertiary/aromatic N) is 6. The minimum atomic E-state index is -1.19. The molecule has 2 heterocycles. The van der Waals surface area contributed by atoms with E-state index in [1.54, 1.807) is 25.7 Å². The molecule has 0 bridgehead atoms. The number of ether oxygens (including phenoxy) is 2. The highest BCUT2D eigenvalue weighted by molar-refractivity contribution is 6.28. The number of benzene rings is 1. The number of amides is 1. The monoisotopic (exact) mass is 584 g/mol. The van der Waals surface area contributed by atoms with Crippen LogP contribution in [0.1, 0.15) is 56.9 Å². The van der Waals surface area contributed by atoms with Crippen molar-refractivity contribution < 1.29 is 24.0 Å². The summed E-state index contributed by atoms with van der Waals surface area (Å²) >= 11 is 6.35. The summed E-state index contributed by atoms with van der Waals surface area (Å²) in [4.78, 5) is 49.8. The van der Waals surface area contributed by atoms with E-state index >= 15 is 0 Å². The molecule has 1 aliphatic heterocycles. The second kappa shape index (κ2) is 11.9. The summed E-state index contributed by atoms with van der Waals surface area (Å²) in [5.41, 5.74) is -0.552. The largest absolute Gasteiger partial charge is 0.468 e. The molecular weight excluding hydrogens is 552 g/mol. The van der Waals surface area contributed by atoms with E-state index in [4.69, 9.17) is 21.1 Å². The number of nitriles is 1. The number of hydrogen-bond acceptors (Lipinski definition) is 10.